The number of aliphatic hydroxyl groups is 1. The fourth-order valence-corrected chi connectivity index (χ4v) is 8.46. The lowest BCUT2D eigenvalue weighted by Crippen LogP contribution is -2.42. The first-order valence-corrected chi connectivity index (χ1v) is 17.4. The van der Waals surface area contributed by atoms with Crippen molar-refractivity contribution in [3.63, 3.8) is 0 Å². The second-order valence-electron chi connectivity index (χ2n) is 12.9. The highest BCUT2D eigenvalue weighted by molar-refractivity contribution is 7.89. The number of ether oxygens (including phenoxy) is 2. The lowest BCUT2D eigenvalue weighted by Gasteiger charge is -2.30. The van der Waals surface area contributed by atoms with Gasteiger partial charge in [0.25, 0.3) is 0 Å². The average Bonchev–Trinajstić information content (AvgIpc) is 3.55. The molecule has 2 fully saturated rings. The van der Waals surface area contributed by atoms with Crippen molar-refractivity contribution < 1.29 is 27.8 Å². The Labute approximate surface area is 259 Å². The van der Waals surface area contributed by atoms with Gasteiger partial charge in [0.1, 0.15) is 6.61 Å². The zero-order valence-electron chi connectivity index (χ0n) is 26.1. The highest BCUT2D eigenvalue weighted by Crippen LogP contribution is 2.40. The molecule has 1 unspecified atom stereocenters. The zero-order chi connectivity index (χ0) is 31.4. The molecular formula is C30H47N5O6S2. The van der Waals surface area contributed by atoms with Crippen molar-refractivity contribution in [2.45, 2.75) is 114 Å². The van der Waals surface area contributed by atoms with Gasteiger partial charge in [0, 0.05) is 41.0 Å². The molecule has 1 amide bonds. The van der Waals surface area contributed by atoms with E-state index in [1.807, 2.05) is 20.9 Å². The number of thiazole rings is 1. The topological polar surface area (TPSA) is 142 Å². The number of rotatable bonds is 11. The molecule has 11 nitrogen and oxygen atoms in total. The van der Waals surface area contributed by atoms with Gasteiger partial charge >= 0.3 is 6.09 Å². The molecule has 1 aliphatic carbocycles. The Kier molecular flexibility index (Phi) is 11.2. The SMILES string of the molecule is CC(C)OC(O)N[C@H]1CC[C@H](c2ncc(-c3ccc(NC(=O)OC[C@H]4CCCN4C)cc3S(=O)(=O)NC(C)(C)C)s2)CC1. The molecular weight excluding hydrogens is 590 g/mol. The standard InChI is InChI=1S/C30H47N5O6S2/c1-19(2)41-29(37)32-21-11-9-20(10-12-21)27-31-17-25(42-27)24-14-13-22(16-26(24)43(38,39)34-30(3,4)5)33-28(36)40-18-23-8-7-15-35(23)6/h13-14,16-17,19-21,23,29,32,34,37H,7-12,15,18H2,1-6H3,(H,33,36)/t20-,21-,23-,29?/m1/s1. The monoisotopic (exact) mass is 637 g/mol. The van der Waals surface area contributed by atoms with E-state index in [1.165, 1.54) is 17.4 Å². The van der Waals surface area contributed by atoms with Crippen molar-refractivity contribution in [1.29, 1.82) is 0 Å². The fourth-order valence-electron chi connectivity index (χ4n) is 5.61. The molecule has 2 aromatic rings. The van der Waals surface area contributed by atoms with Crippen LogP contribution < -0.4 is 15.4 Å². The van der Waals surface area contributed by atoms with Gasteiger partial charge in [-0.1, -0.05) is 6.07 Å². The minimum atomic E-state index is -3.94. The normalized spacial score (nSPS) is 22.6. The van der Waals surface area contributed by atoms with Crippen LogP contribution in [0.3, 0.4) is 0 Å². The van der Waals surface area contributed by atoms with Gasteiger partial charge in [0.05, 0.1) is 20.9 Å². The maximum atomic E-state index is 13.6. The molecule has 240 valence electrons. The van der Waals surface area contributed by atoms with Crippen molar-refractivity contribution in [2.24, 2.45) is 0 Å². The molecule has 4 rings (SSSR count). The number of amides is 1. The highest BCUT2D eigenvalue weighted by Gasteiger charge is 2.29. The molecule has 1 aromatic carbocycles. The Morgan fingerprint density at radius 3 is 2.53 bits per heavy atom. The van der Waals surface area contributed by atoms with E-state index in [4.69, 9.17) is 14.5 Å². The predicted octanol–water partition coefficient (Wildman–Crippen LogP) is 4.85. The molecule has 0 spiro atoms. The second kappa shape index (κ2) is 14.3. The number of carbonyl (C=O) groups excluding carboxylic acids is 1. The van der Waals surface area contributed by atoms with Gasteiger partial charge in [-0.05, 0) is 98.9 Å². The molecule has 1 saturated carbocycles. The van der Waals surface area contributed by atoms with E-state index in [0.29, 0.717) is 11.3 Å². The van der Waals surface area contributed by atoms with Crippen LogP contribution in [0.2, 0.25) is 0 Å². The smallest absolute Gasteiger partial charge is 0.411 e. The summed E-state index contributed by atoms with van der Waals surface area (Å²) in [5.74, 6) is 0.252. The number of likely N-dealkylation sites (N-methyl/N-ethyl adjacent to an activating group) is 1. The minimum Gasteiger partial charge on any atom is -0.448 e. The Balaban J connectivity index is 1.49. The highest BCUT2D eigenvalue weighted by atomic mass is 32.2. The summed E-state index contributed by atoms with van der Waals surface area (Å²) in [6.07, 6.45) is 5.67. The second-order valence-corrected chi connectivity index (χ2v) is 15.6. The number of aliphatic hydroxyl groups excluding tert-OH is 1. The van der Waals surface area contributed by atoms with Gasteiger partial charge in [0.2, 0.25) is 16.4 Å². The van der Waals surface area contributed by atoms with E-state index >= 15 is 0 Å². The molecule has 4 N–H and O–H groups in total. The van der Waals surface area contributed by atoms with Crippen LogP contribution in [0.1, 0.15) is 84.1 Å². The number of nitrogens with zero attached hydrogens (tertiary/aromatic N) is 2. The van der Waals surface area contributed by atoms with E-state index in [-0.39, 0.29) is 35.6 Å². The summed E-state index contributed by atoms with van der Waals surface area (Å²) in [5.41, 5.74) is 0.156. The lowest BCUT2D eigenvalue weighted by molar-refractivity contribution is -0.150. The quantitative estimate of drug-likeness (QED) is 0.255. The predicted molar refractivity (Wildman–Crippen MR) is 169 cm³/mol. The number of likely N-dealkylation sites (tertiary alicyclic amines) is 1. The number of benzene rings is 1. The van der Waals surface area contributed by atoms with Gasteiger partial charge in [-0.25, -0.2) is 22.9 Å². The Morgan fingerprint density at radius 2 is 1.91 bits per heavy atom. The van der Waals surface area contributed by atoms with Crippen LogP contribution in [-0.2, 0) is 19.5 Å². The number of sulfonamides is 1. The maximum absolute atomic E-state index is 13.6. The molecule has 2 atom stereocenters. The molecule has 1 saturated heterocycles. The van der Waals surface area contributed by atoms with Crippen molar-refractivity contribution in [3.8, 4) is 10.4 Å². The van der Waals surface area contributed by atoms with E-state index < -0.39 is 28.1 Å². The third kappa shape index (κ3) is 9.68. The fraction of sp³-hybridized carbons (Fsp3) is 0.667. The van der Waals surface area contributed by atoms with Crippen LogP contribution in [-0.4, -0.2) is 79.8 Å². The third-order valence-electron chi connectivity index (χ3n) is 7.68. The summed E-state index contributed by atoms with van der Waals surface area (Å²) in [4.78, 5) is 20.2. The summed E-state index contributed by atoms with van der Waals surface area (Å²) in [6, 6.07) is 5.24. The lowest BCUT2D eigenvalue weighted by atomic mass is 9.86. The number of hydrogen-bond acceptors (Lipinski definition) is 10. The van der Waals surface area contributed by atoms with Crippen molar-refractivity contribution in [1.82, 2.24) is 19.9 Å². The first-order chi connectivity index (χ1) is 20.2. The van der Waals surface area contributed by atoms with Crippen LogP contribution in [0.15, 0.2) is 29.3 Å². The van der Waals surface area contributed by atoms with E-state index in [0.717, 1.165) is 55.0 Å². The maximum Gasteiger partial charge on any atom is 0.411 e. The first-order valence-electron chi connectivity index (χ1n) is 15.1. The average molecular weight is 638 g/mol. The molecule has 2 aliphatic rings. The van der Waals surface area contributed by atoms with E-state index in [9.17, 15) is 18.3 Å². The van der Waals surface area contributed by atoms with E-state index in [2.05, 4.69) is 20.3 Å². The van der Waals surface area contributed by atoms with Crippen molar-refractivity contribution in [2.75, 3.05) is 25.5 Å². The van der Waals surface area contributed by atoms with E-state index in [1.54, 1.807) is 39.1 Å². The molecule has 2 heterocycles. The van der Waals surface area contributed by atoms with Crippen LogP contribution in [0.5, 0.6) is 0 Å². The summed E-state index contributed by atoms with van der Waals surface area (Å²) in [6.45, 7) is 10.4. The minimum absolute atomic E-state index is 0.0672. The van der Waals surface area contributed by atoms with Crippen LogP contribution in [0.25, 0.3) is 10.4 Å². The Bertz CT molecular complexity index is 1330. The van der Waals surface area contributed by atoms with Crippen molar-refractivity contribution >= 4 is 33.1 Å². The number of anilines is 1. The molecule has 0 radical (unpaired) electrons. The molecule has 13 heteroatoms. The molecule has 43 heavy (non-hydrogen) atoms. The number of carbonyl (C=O) groups is 1. The summed E-state index contributed by atoms with van der Waals surface area (Å²) in [7, 11) is -1.93. The number of nitrogens with one attached hydrogen (secondary N) is 3. The van der Waals surface area contributed by atoms with Crippen LogP contribution in [0.4, 0.5) is 10.5 Å². The molecule has 1 aliphatic heterocycles. The summed E-state index contributed by atoms with van der Waals surface area (Å²) in [5, 5.41) is 16.9. The number of aromatic nitrogens is 1. The van der Waals surface area contributed by atoms with Gasteiger partial charge in [-0.2, -0.15) is 0 Å². The van der Waals surface area contributed by atoms with Gasteiger partial charge in [0.15, 0.2) is 0 Å². The third-order valence-corrected chi connectivity index (χ3v) is 10.7. The first kappa shape index (κ1) is 33.8. The zero-order valence-corrected chi connectivity index (χ0v) is 27.7. The van der Waals surface area contributed by atoms with Gasteiger partial charge < -0.3 is 19.5 Å². The Hall–Kier alpha value is -2.13. The molecule has 1 aromatic heterocycles. The van der Waals surface area contributed by atoms with Crippen molar-refractivity contribution in [3.05, 3.63) is 29.4 Å². The number of hydrogen-bond donors (Lipinski definition) is 4. The largest absolute Gasteiger partial charge is 0.448 e. The van der Waals surface area contributed by atoms with Crippen LogP contribution in [0, 0.1) is 0 Å². The Morgan fingerprint density at radius 1 is 1.19 bits per heavy atom. The van der Waals surface area contributed by atoms with Crippen LogP contribution >= 0.6 is 11.3 Å². The van der Waals surface area contributed by atoms with Gasteiger partial charge in [-0.15, -0.1) is 11.3 Å². The summed E-state index contributed by atoms with van der Waals surface area (Å²) < 4.78 is 40.8. The molecule has 0 bridgehead atoms. The van der Waals surface area contributed by atoms with Gasteiger partial charge in [-0.3, -0.25) is 10.6 Å². The summed E-state index contributed by atoms with van der Waals surface area (Å²) >= 11 is 1.49.